The van der Waals surface area contributed by atoms with Gasteiger partial charge in [0.2, 0.25) is 11.8 Å². The van der Waals surface area contributed by atoms with Crippen molar-refractivity contribution in [2.24, 2.45) is 5.92 Å². The molecule has 34 heavy (non-hydrogen) atoms. The number of carbonyl (C=O) groups excluding carboxylic acids is 3. The van der Waals surface area contributed by atoms with E-state index < -0.39 is 23.8 Å². The Morgan fingerprint density at radius 1 is 1.26 bits per heavy atom. The maximum absolute atomic E-state index is 13.3. The maximum atomic E-state index is 13.3. The Balaban J connectivity index is 1.41. The number of likely N-dealkylation sites (tertiary alicyclic amines) is 1. The molecule has 10 heteroatoms. The monoisotopic (exact) mass is 492 g/mol. The number of hydrogen-bond acceptors (Lipinski definition) is 6. The van der Waals surface area contributed by atoms with Gasteiger partial charge in [0, 0.05) is 30.8 Å². The fourth-order valence-corrected chi connectivity index (χ4v) is 5.66. The minimum atomic E-state index is -0.831. The second kappa shape index (κ2) is 9.73. The molecule has 0 aromatic heterocycles. The number of carbonyl (C=O) groups is 3. The summed E-state index contributed by atoms with van der Waals surface area (Å²) in [5, 5.41) is 5.96. The van der Waals surface area contributed by atoms with Gasteiger partial charge in [-0.1, -0.05) is 12.1 Å². The lowest BCUT2D eigenvalue weighted by Crippen LogP contribution is -2.55. The fourth-order valence-electron chi connectivity index (χ4n) is 4.71. The molecule has 3 fully saturated rings. The van der Waals surface area contributed by atoms with E-state index in [0.29, 0.717) is 12.4 Å². The summed E-state index contributed by atoms with van der Waals surface area (Å²) in [6.45, 7) is 8.01. The van der Waals surface area contributed by atoms with Crippen LogP contribution in [0.5, 0.6) is 0 Å². The number of fused-ring (bicyclic) bond motifs is 1. The average Bonchev–Trinajstić information content (AvgIpc) is 3.21. The summed E-state index contributed by atoms with van der Waals surface area (Å²) in [6.07, 6.45) is 0.226. The van der Waals surface area contributed by atoms with Crippen molar-refractivity contribution in [1.82, 2.24) is 20.4 Å². The summed E-state index contributed by atoms with van der Waals surface area (Å²) in [6, 6.07) is 4.93. The molecule has 2 saturated heterocycles. The van der Waals surface area contributed by atoms with Gasteiger partial charge in [-0.2, -0.15) is 0 Å². The number of nitrogens with one attached hydrogen (secondary N) is 2. The Kier molecular flexibility index (Phi) is 7.09. The topological polar surface area (TPSA) is 91.0 Å². The van der Waals surface area contributed by atoms with Crippen LogP contribution in [0.1, 0.15) is 45.7 Å². The zero-order valence-corrected chi connectivity index (χ0v) is 20.9. The predicted molar refractivity (Wildman–Crippen MR) is 128 cm³/mol. The highest BCUT2D eigenvalue weighted by atomic mass is 32.2. The molecular weight excluding hydrogens is 459 g/mol. The van der Waals surface area contributed by atoms with E-state index in [9.17, 15) is 18.8 Å². The minimum Gasteiger partial charge on any atom is -0.444 e. The number of thioether (sulfide) groups is 1. The Morgan fingerprint density at radius 3 is 2.59 bits per heavy atom. The zero-order chi connectivity index (χ0) is 24.6. The summed E-state index contributed by atoms with van der Waals surface area (Å²) in [7, 11) is 0. The number of nitrogens with zero attached hydrogens (tertiary/aromatic N) is 2. The Morgan fingerprint density at radius 2 is 1.97 bits per heavy atom. The standard InChI is InChI=1S/C24H33FN4O4S/c1-14(15-5-7-16(25)8-6-15)29-19-11-17(19)20(22(29)31)26-12-18(21(30)28-9-10-34-13-28)27-23(32)33-24(2,3)4/h5-8,14,17-20,26H,9-13H2,1-4H3,(H,27,32)/t14-,17+,18?,19+,20-/m0/s1. The molecule has 1 aromatic rings. The van der Waals surface area contributed by atoms with Crippen molar-refractivity contribution in [2.75, 3.05) is 24.7 Å². The number of piperidine rings is 1. The average molecular weight is 493 g/mol. The second-order valence-electron chi connectivity index (χ2n) is 10.2. The third-order valence-electron chi connectivity index (χ3n) is 6.48. The molecule has 4 rings (SSSR count). The molecule has 3 amide bonds. The number of halogens is 1. The molecule has 0 spiro atoms. The lowest BCUT2D eigenvalue weighted by molar-refractivity contribution is -0.134. The molecule has 3 aliphatic rings. The molecule has 8 nitrogen and oxygen atoms in total. The van der Waals surface area contributed by atoms with Crippen molar-refractivity contribution >= 4 is 29.7 Å². The molecule has 2 aliphatic heterocycles. The Bertz CT molecular complexity index is 932. The fraction of sp³-hybridized carbons (Fsp3) is 0.625. The van der Waals surface area contributed by atoms with Gasteiger partial charge >= 0.3 is 6.09 Å². The van der Waals surface area contributed by atoms with E-state index in [-0.39, 0.29) is 42.2 Å². The molecule has 0 radical (unpaired) electrons. The minimum absolute atomic E-state index is 0.0294. The smallest absolute Gasteiger partial charge is 0.408 e. The number of hydrogen-bond donors (Lipinski definition) is 2. The third-order valence-corrected chi connectivity index (χ3v) is 7.44. The third kappa shape index (κ3) is 5.49. The quantitative estimate of drug-likeness (QED) is 0.608. The Labute approximate surface area is 203 Å². The number of alkyl carbamates (subject to hydrolysis) is 1. The number of ether oxygens (including phenoxy) is 1. The van der Waals surface area contributed by atoms with Crippen LogP contribution in [-0.4, -0.2) is 76.2 Å². The van der Waals surface area contributed by atoms with Crippen LogP contribution < -0.4 is 10.6 Å². The molecule has 186 valence electrons. The summed E-state index contributed by atoms with van der Waals surface area (Å²) in [4.78, 5) is 42.3. The largest absolute Gasteiger partial charge is 0.444 e. The first kappa shape index (κ1) is 24.8. The highest BCUT2D eigenvalue weighted by molar-refractivity contribution is 7.99. The first-order valence-corrected chi connectivity index (χ1v) is 12.9. The van der Waals surface area contributed by atoms with E-state index in [1.807, 2.05) is 11.8 Å². The van der Waals surface area contributed by atoms with Crippen molar-refractivity contribution in [3.8, 4) is 0 Å². The lowest BCUT2D eigenvalue weighted by Gasteiger charge is -2.29. The van der Waals surface area contributed by atoms with Crippen LogP contribution in [0.2, 0.25) is 0 Å². The van der Waals surface area contributed by atoms with Crippen LogP contribution in [0.15, 0.2) is 24.3 Å². The maximum Gasteiger partial charge on any atom is 0.408 e. The summed E-state index contributed by atoms with van der Waals surface area (Å²) in [5.74, 6) is 1.09. The van der Waals surface area contributed by atoms with Crippen molar-refractivity contribution in [2.45, 2.75) is 63.9 Å². The van der Waals surface area contributed by atoms with Gasteiger partial charge in [0.05, 0.1) is 18.0 Å². The van der Waals surface area contributed by atoms with Gasteiger partial charge in [-0.15, -0.1) is 11.8 Å². The van der Waals surface area contributed by atoms with Gasteiger partial charge < -0.3 is 25.2 Å². The van der Waals surface area contributed by atoms with Crippen molar-refractivity contribution in [3.05, 3.63) is 35.6 Å². The normalized spacial score (nSPS) is 25.7. The lowest BCUT2D eigenvalue weighted by atomic mass is 10.1. The molecule has 0 bridgehead atoms. The number of rotatable bonds is 7. The summed E-state index contributed by atoms with van der Waals surface area (Å²) in [5.41, 5.74) is 0.195. The van der Waals surface area contributed by atoms with Gasteiger partial charge in [-0.25, -0.2) is 9.18 Å². The van der Waals surface area contributed by atoms with Crippen molar-refractivity contribution in [3.63, 3.8) is 0 Å². The van der Waals surface area contributed by atoms with E-state index in [1.54, 1.807) is 49.6 Å². The summed E-state index contributed by atoms with van der Waals surface area (Å²) < 4.78 is 18.7. The second-order valence-corrected chi connectivity index (χ2v) is 11.2. The first-order valence-electron chi connectivity index (χ1n) is 11.7. The van der Waals surface area contributed by atoms with E-state index in [0.717, 1.165) is 17.7 Å². The number of benzene rings is 1. The van der Waals surface area contributed by atoms with E-state index >= 15 is 0 Å². The first-order chi connectivity index (χ1) is 16.0. The predicted octanol–water partition coefficient (Wildman–Crippen LogP) is 2.50. The molecule has 1 aromatic carbocycles. The molecule has 1 saturated carbocycles. The highest BCUT2D eigenvalue weighted by Gasteiger charge is 2.59. The molecular formula is C24H33FN4O4S. The van der Waals surface area contributed by atoms with Crippen LogP contribution in [0, 0.1) is 11.7 Å². The van der Waals surface area contributed by atoms with Crippen LogP contribution in [0.3, 0.4) is 0 Å². The van der Waals surface area contributed by atoms with E-state index in [4.69, 9.17) is 4.74 Å². The van der Waals surface area contributed by atoms with Crippen molar-refractivity contribution in [1.29, 1.82) is 0 Å². The summed E-state index contributed by atoms with van der Waals surface area (Å²) >= 11 is 1.67. The molecule has 5 atom stereocenters. The zero-order valence-electron chi connectivity index (χ0n) is 20.0. The van der Waals surface area contributed by atoms with Crippen LogP contribution in [0.4, 0.5) is 9.18 Å². The Hall–Kier alpha value is -2.33. The van der Waals surface area contributed by atoms with Gasteiger partial charge in [-0.3, -0.25) is 9.59 Å². The molecule has 1 unspecified atom stereocenters. The van der Waals surface area contributed by atoms with Crippen molar-refractivity contribution < 1.29 is 23.5 Å². The number of amides is 3. The van der Waals surface area contributed by atoms with Gasteiger partial charge in [-0.05, 0) is 51.8 Å². The van der Waals surface area contributed by atoms with Crippen LogP contribution in [0.25, 0.3) is 0 Å². The highest BCUT2D eigenvalue weighted by Crippen LogP contribution is 2.48. The van der Waals surface area contributed by atoms with Gasteiger partial charge in [0.25, 0.3) is 0 Å². The van der Waals surface area contributed by atoms with Crippen LogP contribution >= 0.6 is 11.8 Å². The molecule has 2 N–H and O–H groups in total. The van der Waals surface area contributed by atoms with E-state index in [2.05, 4.69) is 10.6 Å². The van der Waals surface area contributed by atoms with E-state index in [1.165, 1.54) is 12.1 Å². The van der Waals surface area contributed by atoms with Gasteiger partial charge in [0.1, 0.15) is 17.5 Å². The van der Waals surface area contributed by atoms with Gasteiger partial charge in [0.15, 0.2) is 0 Å². The molecule has 2 heterocycles. The molecule has 1 aliphatic carbocycles. The SMILES string of the molecule is C[C@@H](c1ccc(F)cc1)N1C(=O)[C@@H](NCC(NC(=O)OC(C)(C)C)C(=O)N2CCSC2)[C@@H]2C[C@H]21. The van der Waals surface area contributed by atoms with Crippen LogP contribution in [-0.2, 0) is 14.3 Å².